The minimum Gasteiger partial charge on any atom is -0.508 e. The monoisotopic (exact) mass is 888 g/mol. The van der Waals surface area contributed by atoms with E-state index >= 15 is 0 Å². The van der Waals surface area contributed by atoms with Gasteiger partial charge in [0.05, 0.1) is 12.0 Å². The number of benzene rings is 5. The number of nitrogens with zero attached hydrogens (tertiary/aromatic N) is 4. The summed E-state index contributed by atoms with van der Waals surface area (Å²) >= 11 is 0. The Hall–Kier alpha value is -5.33. The van der Waals surface area contributed by atoms with E-state index in [0.29, 0.717) is 24.6 Å². The number of phenols is 1. The zero-order chi connectivity index (χ0) is 45.9. The van der Waals surface area contributed by atoms with Gasteiger partial charge in [-0.25, -0.2) is 0 Å². The first kappa shape index (κ1) is 49.7. The van der Waals surface area contributed by atoms with E-state index < -0.39 is 10.1 Å². The van der Waals surface area contributed by atoms with Gasteiger partial charge in [-0.3, -0.25) is 13.8 Å². The second-order valence-electron chi connectivity index (χ2n) is 16.6. The second-order valence-corrected chi connectivity index (χ2v) is 18.4. The van der Waals surface area contributed by atoms with E-state index in [9.17, 15) is 23.1 Å². The number of hydrogen-bond donors (Lipinski definition) is 1. The molecule has 2 aliphatic rings. The molecular formula is C53H68N4O6S. The third-order valence-electron chi connectivity index (χ3n) is 12.0. The molecule has 0 unspecified atom stereocenters. The predicted molar refractivity (Wildman–Crippen MR) is 259 cm³/mol. The van der Waals surface area contributed by atoms with Gasteiger partial charge < -0.3 is 24.7 Å². The molecule has 0 aliphatic carbocycles. The lowest BCUT2D eigenvalue weighted by atomic mass is 10.0. The first-order chi connectivity index (χ1) is 30.9. The Bertz CT molecular complexity index is 2150. The van der Waals surface area contributed by atoms with Crippen LogP contribution in [0.4, 0.5) is 11.4 Å². The van der Waals surface area contributed by atoms with Gasteiger partial charge in [-0.05, 0) is 112 Å². The van der Waals surface area contributed by atoms with Crippen LogP contribution in [0.2, 0.25) is 0 Å². The molecule has 2 saturated heterocycles. The number of amides is 2. The number of likely N-dealkylation sites (tertiary alicyclic amines) is 2. The van der Waals surface area contributed by atoms with Crippen molar-refractivity contribution >= 4 is 33.3 Å². The largest absolute Gasteiger partial charge is 0.508 e. The van der Waals surface area contributed by atoms with Crippen LogP contribution in [0.25, 0.3) is 0 Å². The standard InChI is InChI=1S/C23H30N2O.C22H28N2O2.C8H10O3S/c1-3-23(26)25(21-10-5-4-6-11-21)22-13-16-24(17-14-22)15-12-20-9-7-8-19(2)18-20;1-2-22(26)24(19-8-4-3-5-9-19)20-12-15-23(16-13-20)14-11-18-7-6-10-21(25)17-18;1-7-3-5-8(6-4-7)12(9,10)11-2/h4-11,18,22H,3,12-17H2,1-2H3;3-10,17,20,25H,2,11-16H2,1H3;3-6H,1-2H3. The first-order valence-corrected chi connectivity index (χ1v) is 24.2. The number of hydrogen-bond acceptors (Lipinski definition) is 8. The van der Waals surface area contributed by atoms with E-state index in [1.807, 2.05) is 91.2 Å². The maximum absolute atomic E-state index is 12.5. The first-order valence-electron chi connectivity index (χ1n) is 22.8. The molecule has 342 valence electrons. The summed E-state index contributed by atoms with van der Waals surface area (Å²) in [4.78, 5) is 34.3. The number of carbonyl (C=O) groups is 2. The normalized spacial score (nSPS) is 15.0. The summed E-state index contributed by atoms with van der Waals surface area (Å²) < 4.78 is 26.5. The summed E-state index contributed by atoms with van der Waals surface area (Å²) in [5.74, 6) is 0.765. The molecule has 2 amide bonds. The summed E-state index contributed by atoms with van der Waals surface area (Å²) in [5.41, 5.74) is 6.98. The molecule has 0 saturated carbocycles. The van der Waals surface area contributed by atoms with E-state index in [-0.39, 0.29) is 22.8 Å². The number of anilines is 2. The molecule has 5 aromatic rings. The number of aryl methyl sites for hydroxylation is 2. The van der Waals surface area contributed by atoms with E-state index in [1.165, 1.54) is 28.8 Å². The third kappa shape index (κ3) is 15.1. The average Bonchev–Trinajstić information content (AvgIpc) is 3.32. The van der Waals surface area contributed by atoms with Crippen molar-refractivity contribution < 1.29 is 27.3 Å². The molecule has 2 fully saturated rings. The van der Waals surface area contributed by atoms with E-state index in [4.69, 9.17) is 0 Å². The highest BCUT2D eigenvalue weighted by Gasteiger charge is 2.29. The zero-order valence-electron chi connectivity index (χ0n) is 38.4. The van der Waals surface area contributed by atoms with Crippen LogP contribution < -0.4 is 9.80 Å². The van der Waals surface area contributed by atoms with Crippen molar-refractivity contribution in [1.29, 1.82) is 0 Å². The number of carbonyl (C=O) groups excluding carboxylic acids is 2. The van der Waals surface area contributed by atoms with Crippen LogP contribution in [-0.4, -0.2) is 93.6 Å². The van der Waals surface area contributed by atoms with Crippen molar-refractivity contribution in [2.24, 2.45) is 0 Å². The minimum absolute atomic E-state index is 0.190. The fraction of sp³-hybridized carbons (Fsp3) is 0.396. The molecule has 0 bridgehead atoms. The molecule has 64 heavy (non-hydrogen) atoms. The molecule has 11 heteroatoms. The van der Waals surface area contributed by atoms with Crippen molar-refractivity contribution in [2.45, 2.75) is 96.0 Å². The summed E-state index contributed by atoms with van der Waals surface area (Å²) in [6, 6.07) is 43.6. The molecule has 5 aromatic carbocycles. The molecular weight excluding hydrogens is 821 g/mol. The minimum atomic E-state index is -3.51. The van der Waals surface area contributed by atoms with Crippen molar-refractivity contribution in [3.8, 4) is 5.75 Å². The van der Waals surface area contributed by atoms with E-state index in [2.05, 4.69) is 63.4 Å². The molecule has 0 radical (unpaired) electrons. The fourth-order valence-corrected chi connectivity index (χ4v) is 9.05. The lowest BCUT2D eigenvalue weighted by molar-refractivity contribution is -0.119. The van der Waals surface area contributed by atoms with Gasteiger partial charge in [0.25, 0.3) is 10.1 Å². The lowest BCUT2D eigenvalue weighted by Crippen LogP contribution is -2.47. The van der Waals surface area contributed by atoms with Gasteiger partial charge in [-0.2, -0.15) is 8.42 Å². The molecule has 1 N–H and O–H groups in total. The Morgan fingerprint density at radius 1 is 0.594 bits per heavy atom. The summed E-state index contributed by atoms with van der Waals surface area (Å²) in [5, 5.41) is 9.58. The molecule has 2 aliphatic heterocycles. The summed E-state index contributed by atoms with van der Waals surface area (Å²) in [6.07, 6.45) is 7.23. The lowest BCUT2D eigenvalue weighted by Gasteiger charge is -2.38. The summed E-state index contributed by atoms with van der Waals surface area (Å²) in [7, 11) is -2.37. The Kier molecular flexibility index (Phi) is 19.6. The SMILES string of the molecule is CCC(=O)N(c1ccccc1)C1CCN(CCc2cccc(C)c2)CC1.CCC(=O)N(c1ccccc1)C1CCN(CCc2cccc(O)c2)CC1.COS(=O)(=O)c1ccc(C)cc1. The molecule has 0 spiro atoms. The van der Waals surface area contributed by atoms with Gasteiger partial charge in [0, 0.05) is 75.6 Å². The van der Waals surface area contributed by atoms with Gasteiger partial charge in [0.15, 0.2) is 0 Å². The van der Waals surface area contributed by atoms with Crippen LogP contribution in [0.3, 0.4) is 0 Å². The zero-order valence-corrected chi connectivity index (χ0v) is 39.3. The van der Waals surface area contributed by atoms with Crippen LogP contribution >= 0.6 is 0 Å². The fourth-order valence-electron chi connectivity index (χ4n) is 8.39. The van der Waals surface area contributed by atoms with Crippen LogP contribution in [0.1, 0.15) is 74.6 Å². The van der Waals surface area contributed by atoms with Crippen molar-refractivity contribution in [3.05, 3.63) is 156 Å². The maximum atomic E-state index is 12.5. The van der Waals surface area contributed by atoms with Crippen LogP contribution in [0.5, 0.6) is 5.75 Å². The second kappa shape index (κ2) is 25.2. The molecule has 0 atom stereocenters. The van der Waals surface area contributed by atoms with E-state index in [1.54, 1.807) is 18.2 Å². The number of rotatable bonds is 14. The number of aromatic hydroxyl groups is 1. The van der Waals surface area contributed by atoms with Crippen molar-refractivity contribution in [2.75, 3.05) is 56.2 Å². The highest BCUT2D eigenvalue weighted by atomic mass is 32.2. The topological polar surface area (TPSA) is 111 Å². The quantitative estimate of drug-likeness (QED) is 0.110. The molecule has 7 rings (SSSR count). The smallest absolute Gasteiger partial charge is 0.296 e. The van der Waals surface area contributed by atoms with Gasteiger partial charge in [-0.15, -0.1) is 0 Å². The highest BCUT2D eigenvalue weighted by Crippen LogP contribution is 2.27. The van der Waals surface area contributed by atoms with Crippen LogP contribution in [-0.2, 0) is 36.7 Å². The number of para-hydroxylation sites is 2. The van der Waals surface area contributed by atoms with Crippen molar-refractivity contribution in [3.63, 3.8) is 0 Å². The Morgan fingerprint density at radius 2 is 1.03 bits per heavy atom. The number of piperidine rings is 2. The molecule has 10 nitrogen and oxygen atoms in total. The van der Waals surface area contributed by atoms with Gasteiger partial charge in [0.2, 0.25) is 11.8 Å². The van der Waals surface area contributed by atoms with Crippen LogP contribution in [0.15, 0.2) is 138 Å². The van der Waals surface area contributed by atoms with E-state index in [0.717, 1.165) is 102 Å². The molecule has 0 aromatic heterocycles. The highest BCUT2D eigenvalue weighted by molar-refractivity contribution is 7.86. The summed E-state index contributed by atoms with van der Waals surface area (Å²) in [6.45, 7) is 14.2. The number of phenolic OH excluding ortho intramolecular Hbond substituents is 1. The molecule has 2 heterocycles. The predicted octanol–water partition coefficient (Wildman–Crippen LogP) is 9.62. The Labute approximate surface area is 382 Å². The Balaban J connectivity index is 0.000000193. The maximum Gasteiger partial charge on any atom is 0.296 e. The van der Waals surface area contributed by atoms with Gasteiger partial charge in [0.1, 0.15) is 5.75 Å². The Morgan fingerprint density at radius 3 is 1.44 bits per heavy atom. The third-order valence-corrected chi connectivity index (χ3v) is 13.3. The average molecular weight is 889 g/mol. The van der Waals surface area contributed by atoms with Crippen molar-refractivity contribution in [1.82, 2.24) is 9.80 Å². The van der Waals surface area contributed by atoms with Gasteiger partial charge in [-0.1, -0.05) is 110 Å². The van der Waals surface area contributed by atoms with Gasteiger partial charge >= 0.3 is 0 Å². The van der Waals surface area contributed by atoms with Crippen LogP contribution in [0, 0.1) is 13.8 Å².